The number of carbonyl (C=O) groups excluding carboxylic acids is 1. The van der Waals surface area contributed by atoms with Crippen LogP contribution in [0.15, 0.2) is 12.1 Å². The van der Waals surface area contributed by atoms with Crippen molar-refractivity contribution in [2.24, 2.45) is 0 Å². The number of aryl methyl sites for hydroxylation is 1. The highest BCUT2D eigenvalue weighted by molar-refractivity contribution is 6.33. The van der Waals surface area contributed by atoms with Crippen molar-refractivity contribution >= 4 is 28.9 Å². The Hall–Kier alpha value is -1.43. The van der Waals surface area contributed by atoms with Crippen molar-refractivity contribution < 1.29 is 18.0 Å². The van der Waals surface area contributed by atoms with Gasteiger partial charge in [0.1, 0.15) is 6.42 Å². The molecule has 0 fully saturated rings. The van der Waals surface area contributed by atoms with Crippen molar-refractivity contribution in [1.29, 1.82) is 0 Å². The van der Waals surface area contributed by atoms with Crippen molar-refractivity contribution in [2.45, 2.75) is 19.5 Å². The van der Waals surface area contributed by atoms with Gasteiger partial charge >= 0.3 is 6.18 Å². The van der Waals surface area contributed by atoms with E-state index in [1.807, 2.05) is 0 Å². The lowest BCUT2D eigenvalue weighted by Gasteiger charge is -2.11. The zero-order valence-electron chi connectivity index (χ0n) is 8.86. The molecular formula is C10H10ClF3N2O. The molecule has 0 aromatic heterocycles. The summed E-state index contributed by atoms with van der Waals surface area (Å²) in [7, 11) is 0. The fraction of sp³-hybridized carbons (Fsp3) is 0.300. The number of anilines is 2. The summed E-state index contributed by atoms with van der Waals surface area (Å²) in [4.78, 5) is 11.1. The molecule has 1 rings (SSSR count). The molecule has 3 nitrogen and oxygen atoms in total. The lowest BCUT2D eigenvalue weighted by molar-refractivity contribution is -0.150. The lowest BCUT2D eigenvalue weighted by Crippen LogP contribution is -2.21. The molecule has 0 atom stereocenters. The first-order valence-electron chi connectivity index (χ1n) is 4.61. The number of halogens is 4. The third kappa shape index (κ3) is 4.14. The molecule has 3 N–H and O–H groups in total. The van der Waals surface area contributed by atoms with E-state index in [-0.39, 0.29) is 10.7 Å². The Balaban J connectivity index is 2.82. The quantitative estimate of drug-likeness (QED) is 0.808. The largest absolute Gasteiger partial charge is 0.398 e. The van der Waals surface area contributed by atoms with E-state index in [2.05, 4.69) is 5.32 Å². The van der Waals surface area contributed by atoms with Gasteiger partial charge in [-0.1, -0.05) is 11.6 Å². The highest BCUT2D eigenvalue weighted by atomic mass is 35.5. The maximum atomic E-state index is 11.9. The molecule has 7 heteroatoms. The molecule has 0 spiro atoms. The molecule has 0 heterocycles. The number of hydrogen-bond acceptors (Lipinski definition) is 2. The Labute approximate surface area is 101 Å². The van der Waals surface area contributed by atoms with Crippen LogP contribution in [0.25, 0.3) is 0 Å². The number of nitrogens with one attached hydrogen (secondary N) is 1. The lowest BCUT2D eigenvalue weighted by atomic mass is 10.1. The SMILES string of the molecule is Cc1cc(N)c(Cl)cc1NC(=O)CC(F)(F)F. The molecule has 1 aromatic carbocycles. The van der Waals surface area contributed by atoms with Crippen LogP contribution in [0.5, 0.6) is 0 Å². The van der Waals surface area contributed by atoms with Crippen LogP contribution in [-0.4, -0.2) is 12.1 Å². The van der Waals surface area contributed by atoms with Gasteiger partial charge in [0.05, 0.1) is 10.7 Å². The summed E-state index contributed by atoms with van der Waals surface area (Å²) < 4.78 is 35.8. The third-order valence-electron chi connectivity index (χ3n) is 1.98. The van der Waals surface area contributed by atoms with Crippen LogP contribution in [0.2, 0.25) is 5.02 Å². The number of rotatable bonds is 2. The molecule has 0 radical (unpaired) electrons. The normalized spacial score (nSPS) is 11.4. The molecule has 0 saturated heterocycles. The number of amides is 1. The van der Waals surface area contributed by atoms with Crippen LogP contribution >= 0.6 is 11.6 Å². The molecule has 94 valence electrons. The monoisotopic (exact) mass is 266 g/mol. The fourth-order valence-corrected chi connectivity index (χ4v) is 1.38. The number of carbonyl (C=O) groups is 1. The van der Waals surface area contributed by atoms with E-state index in [1.165, 1.54) is 12.1 Å². The van der Waals surface area contributed by atoms with Gasteiger partial charge in [-0.15, -0.1) is 0 Å². The Morgan fingerprint density at radius 1 is 1.47 bits per heavy atom. The number of hydrogen-bond donors (Lipinski definition) is 2. The van der Waals surface area contributed by atoms with E-state index in [4.69, 9.17) is 17.3 Å². The molecular weight excluding hydrogens is 257 g/mol. The van der Waals surface area contributed by atoms with Gasteiger partial charge in [-0.2, -0.15) is 13.2 Å². The molecule has 0 bridgehead atoms. The van der Waals surface area contributed by atoms with Crippen molar-refractivity contribution in [2.75, 3.05) is 11.1 Å². The Morgan fingerprint density at radius 3 is 2.59 bits per heavy atom. The summed E-state index contributed by atoms with van der Waals surface area (Å²) in [5, 5.41) is 2.31. The Morgan fingerprint density at radius 2 is 2.06 bits per heavy atom. The summed E-state index contributed by atoms with van der Waals surface area (Å²) in [6, 6.07) is 2.80. The molecule has 17 heavy (non-hydrogen) atoms. The molecule has 0 aliphatic heterocycles. The molecule has 0 saturated carbocycles. The van der Waals surface area contributed by atoms with Gasteiger partial charge in [-0.25, -0.2) is 0 Å². The summed E-state index contributed by atoms with van der Waals surface area (Å²) >= 11 is 5.70. The van der Waals surface area contributed by atoms with Crippen molar-refractivity contribution in [3.05, 3.63) is 22.7 Å². The number of nitrogens with two attached hydrogens (primary N) is 1. The first-order valence-corrected chi connectivity index (χ1v) is 4.99. The summed E-state index contributed by atoms with van der Waals surface area (Å²) in [5.74, 6) is -1.14. The highest BCUT2D eigenvalue weighted by Crippen LogP contribution is 2.27. The molecule has 1 amide bonds. The topological polar surface area (TPSA) is 55.1 Å². The van der Waals surface area contributed by atoms with E-state index in [0.29, 0.717) is 11.3 Å². The van der Waals surface area contributed by atoms with E-state index in [1.54, 1.807) is 6.92 Å². The number of benzene rings is 1. The third-order valence-corrected chi connectivity index (χ3v) is 2.31. The average Bonchev–Trinajstić information content (AvgIpc) is 2.11. The van der Waals surface area contributed by atoms with Crippen LogP contribution in [0, 0.1) is 6.92 Å². The number of nitrogen functional groups attached to an aromatic ring is 1. The predicted molar refractivity (Wildman–Crippen MR) is 59.9 cm³/mol. The smallest absolute Gasteiger partial charge is 0.397 e. The van der Waals surface area contributed by atoms with E-state index in [9.17, 15) is 18.0 Å². The van der Waals surface area contributed by atoms with Crippen molar-refractivity contribution in [3.8, 4) is 0 Å². The van der Waals surface area contributed by atoms with Crippen LogP contribution in [0.3, 0.4) is 0 Å². The first kappa shape index (κ1) is 13.6. The van der Waals surface area contributed by atoms with Gasteiger partial charge in [0.15, 0.2) is 0 Å². The van der Waals surface area contributed by atoms with Gasteiger partial charge < -0.3 is 11.1 Å². The molecule has 0 aliphatic rings. The van der Waals surface area contributed by atoms with E-state index < -0.39 is 18.5 Å². The fourth-order valence-electron chi connectivity index (χ4n) is 1.21. The van der Waals surface area contributed by atoms with Crippen LogP contribution in [0.1, 0.15) is 12.0 Å². The Kier molecular flexibility index (Phi) is 3.87. The molecule has 0 unspecified atom stereocenters. The minimum absolute atomic E-state index is 0.179. The van der Waals surface area contributed by atoms with Gasteiger partial charge in [-0.05, 0) is 24.6 Å². The Bertz CT molecular complexity index is 446. The van der Waals surface area contributed by atoms with E-state index >= 15 is 0 Å². The van der Waals surface area contributed by atoms with Crippen LogP contribution in [-0.2, 0) is 4.79 Å². The average molecular weight is 267 g/mol. The van der Waals surface area contributed by atoms with Gasteiger partial charge in [0, 0.05) is 5.69 Å². The minimum atomic E-state index is -4.53. The second-order valence-corrected chi connectivity index (χ2v) is 3.94. The predicted octanol–water partition coefficient (Wildman–Crippen LogP) is 3.12. The van der Waals surface area contributed by atoms with Crippen molar-refractivity contribution in [3.63, 3.8) is 0 Å². The standard InChI is InChI=1S/C10H10ClF3N2O/c1-5-2-7(15)6(11)3-8(5)16-9(17)4-10(12,13)14/h2-3H,4,15H2,1H3,(H,16,17). The van der Waals surface area contributed by atoms with Gasteiger partial charge in [0.2, 0.25) is 5.91 Å². The second kappa shape index (κ2) is 4.83. The maximum Gasteiger partial charge on any atom is 0.397 e. The first-order chi connectivity index (χ1) is 7.69. The van der Waals surface area contributed by atoms with Crippen LogP contribution < -0.4 is 11.1 Å². The zero-order chi connectivity index (χ0) is 13.2. The molecule has 1 aromatic rings. The van der Waals surface area contributed by atoms with Crippen LogP contribution in [0.4, 0.5) is 24.5 Å². The van der Waals surface area contributed by atoms with E-state index in [0.717, 1.165) is 0 Å². The molecule has 0 aliphatic carbocycles. The van der Waals surface area contributed by atoms with Crippen molar-refractivity contribution in [1.82, 2.24) is 0 Å². The summed E-state index contributed by atoms with van der Waals surface area (Å²) in [5.41, 5.74) is 6.57. The number of alkyl halides is 3. The second-order valence-electron chi connectivity index (χ2n) is 3.53. The minimum Gasteiger partial charge on any atom is -0.398 e. The van der Waals surface area contributed by atoms with Gasteiger partial charge in [-0.3, -0.25) is 4.79 Å². The maximum absolute atomic E-state index is 11.9. The van der Waals surface area contributed by atoms with Gasteiger partial charge in [0.25, 0.3) is 0 Å². The summed E-state index contributed by atoms with van der Waals surface area (Å²) in [6.45, 7) is 1.61. The summed E-state index contributed by atoms with van der Waals surface area (Å²) in [6.07, 6.45) is -6.07. The zero-order valence-corrected chi connectivity index (χ0v) is 9.62. The highest BCUT2D eigenvalue weighted by Gasteiger charge is 2.31.